The van der Waals surface area contributed by atoms with Gasteiger partial charge in [-0.1, -0.05) is 20.8 Å². The van der Waals surface area contributed by atoms with Crippen molar-refractivity contribution in [2.45, 2.75) is 121 Å². The van der Waals surface area contributed by atoms with Crippen LogP contribution in [0.25, 0.3) is 0 Å². The van der Waals surface area contributed by atoms with Gasteiger partial charge in [0.2, 0.25) is 7.37 Å². The molecule has 9 nitrogen and oxygen atoms in total. The van der Waals surface area contributed by atoms with Crippen LogP contribution in [-0.2, 0) is 22.9 Å². The van der Waals surface area contributed by atoms with Crippen molar-refractivity contribution in [2.24, 2.45) is 0 Å². The minimum atomic E-state index is -4.45. The minimum Gasteiger partial charge on any atom is -0.388 e. The molecule has 0 bridgehead atoms. The van der Waals surface area contributed by atoms with E-state index in [1.54, 1.807) is 34.6 Å². The molecule has 188 valence electrons. The zero-order chi connectivity index (χ0) is 25.3. The number of ether oxygens (including phenoxy) is 1. The predicted octanol–water partition coefficient (Wildman–Crippen LogP) is 2.96. The molecular formula is C20H41BO9P2. The molecule has 32 heavy (non-hydrogen) atoms. The first-order valence-corrected chi connectivity index (χ1v) is 14.7. The highest BCUT2D eigenvalue weighted by Gasteiger charge is 2.53. The van der Waals surface area contributed by atoms with Gasteiger partial charge in [-0.15, -0.1) is 0 Å². The molecule has 12 heteroatoms. The molecule has 4 N–H and O–H groups in total. The molecule has 1 saturated heterocycles. The molecule has 0 saturated carbocycles. The third-order valence-corrected chi connectivity index (χ3v) is 12.2. The number of aliphatic hydroxyl groups excluding tert-OH is 2. The Bertz CT molecular complexity index is 732. The van der Waals surface area contributed by atoms with Crippen molar-refractivity contribution >= 4 is 22.8 Å². The molecule has 1 fully saturated rings. The lowest BCUT2D eigenvalue weighted by molar-refractivity contribution is -0.0345. The maximum atomic E-state index is 13.9. The van der Waals surface area contributed by atoms with Crippen molar-refractivity contribution in [2.75, 3.05) is 6.66 Å². The Hall–Kier alpha value is 0.245. The Labute approximate surface area is 193 Å². The lowest BCUT2D eigenvalue weighted by Crippen LogP contribution is -2.43. The normalized spacial score (nSPS) is 33.0. The van der Waals surface area contributed by atoms with Gasteiger partial charge >= 0.3 is 7.60 Å². The second-order valence-corrected chi connectivity index (χ2v) is 15.1. The molecule has 1 rings (SSSR count). The molecular weight excluding hydrogens is 457 g/mol. The third-order valence-electron chi connectivity index (χ3n) is 6.93. The molecule has 1 aliphatic rings. The van der Waals surface area contributed by atoms with Crippen LogP contribution in [0.3, 0.4) is 0 Å². The largest absolute Gasteiger partial charge is 0.388 e. The van der Waals surface area contributed by atoms with Crippen molar-refractivity contribution in [1.29, 1.82) is 0 Å². The highest BCUT2D eigenvalue weighted by molar-refractivity contribution is 7.60. The Kier molecular flexibility index (Phi) is 9.91. The average molecular weight is 498 g/mol. The van der Waals surface area contributed by atoms with Gasteiger partial charge in [0.1, 0.15) is 14.0 Å². The summed E-state index contributed by atoms with van der Waals surface area (Å²) in [5.41, 5.74) is -1.01. The minimum absolute atomic E-state index is 0.00351. The molecule has 0 aromatic carbocycles. The Morgan fingerprint density at radius 1 is 1.06 bits per heavy atom. The van der Waals surface area contributed by atoms with Crippen molar-refractivity contribution in [3.8, 4) is 0 Å². The smallest absolute Gasteiger partial charge is 0.359 e. The fourth-order valence-electron chi connectivity index (χ4n) is 3.61. The molecule has 1 heterocycles. The van der Waals surface area contributed by atoms with E-state index in [1.807, 2.05) is 6.92 Å². The van der Waals surface area contributed by atoms with Crippen LogP contribution in [0.2, 0.25) is 0 Å². The fraction of sp³-hybridized carbons (Fsp3) is 1.00. The summed E-state index contributed by atoms with van der Waals surface area (Å²) >= 11 is 0. The van der Waals surface area contributed by atoms with E-state index >= 15 is 0 Å². The van der Waals surface area contributed by atoms with E-state index < -0.39 is 61.5 Å². The monoisotopic (exact) mass is 498 g/mol. The fourth-order valence-corrected chi connectivity index (χ4v) is 7.11. The zero-order valence-electron chi connectivity index (χ0n) is 20.5. The van der Waals surface area contributed by atoms with E-state index in [9.17, 15) is 29.3 Å². The van der Waals surface area contributed by atoms with Gasteiger partial charge in [-0.25, -0.2) is 0 Å². The van der Waals surface area contributed by atoms with Gasteiger partial charge in [-0.3, -0.25) is 9.13 Å². The van der Waals surface area contributed by atoms with Gasteiger partial charge in [0.15, 0.2) is 5.34 Å². The Morgan fingerprint density at radius 3 is 1.97 bits per heavy atom. The molecule has 1 aliphatic heterocycles. The average Bonchev–Trinajstić information content (AvgIpc) is 2.91. The van der Waals surface area contributed by atoms with E-state index in [2.05, 4.69) is 0 Å². The van der Waals surface area contributed by atoms with Crippen LogP contribution >= 0.6 is 15.0 Å². The first-order valence-electron chi connectivity index (χ1n) is 11.1. The summed E-state index contributed by atoms with van der Waals surface area (Å²) in [6.07, 6.45) is -3.37. The summed E-state index contributed by atoms with van der Waals surface area (Å²) < 4.78 is 43.8. The SMILES string of the molecule is [B][C@@H]1O[C@H](CC(C)(CC)OP(C)(=O)C(C)(C)C(CC)OP(=O)(O)C(C)(O)CC)[C@@H](O)[C@H]1O. The van der Waals surface area contributed by atoms with E-state index in [0.29, 0.717) is 6.42 Å². The van der Waals surface area contributed by atoms with Crippen LogP contribution in [0, 0.1) is 0 Å². The summed E-state index contributed by atoms with van der Waals surface area (Å²) in [6.45, 7) is 12.8. The van der Waals surface area contributed by atoms with Crippen molar-refractivity contribution in [3.63, 3.8) is 0 Å². The quantitative estimate of drug-likeness (QED) is 0.236. The summed E-state index contributed by atoms with van der Waals surface area (Å²) in [5.74, 6) is 0. The van der Waals surface area contributed by atoms with Gasteiger partial charge < -0.3 is 34.0 Å². The molecule has 0 aromatic heterocycles. The lowest BCUT2D eigenvalue weighted by atomic mass is 9.90. The number of hydrogen-bond donors (Lipinski definition) is 4. The second-order valence-electron chi connectivity index (χ2n) is 9.81. The van der Waals surface area contributed by atoms with Crippen molar-refractivity contribution in [3.05, 3.63) is 0 Å². The highest BCUT2D eigenvalue weighted by Crippen LogP contribution is 2.65. The van der Waals surface area contributed by atoms with Gasteiger partial charge in [0, 0.05) is 19.1 Å². The Balaban J connectivity index is 3.13. The topological polar surface area (TPSA) is 143 Å². The molecule has 0 spiro atoms. The molecule has 0 amide bonds. The van der Waals surface area contributed by atoms with Gasteiger partial charge in [0.25, 0.3) is 0 Å². The predicted molar refractivity (Wildman–Crippen MR) is 124 cm³/mol. The van der Waals surface area contributed by atoms with Crippen LogP contribution in [0.1, 0.15) is 74.1 Å². The van der Waals surface area contributed by atoms with E-state index in [-0.39, 0.29) is 19.3 Å². The number of aliphatic hydroxyl groups is 3. The maximum Gasteiger partial charge on any atom is 0.359 e. The molecule has 9 atom stereocenters. The molecule has 0 aromatic rings. The first kappa shape index (κ1) is 30.3. The lowest BCUT2D eigenvalue weighted by Gasteiger charge is -2.44. The second kappa shape index (κ2) is 10.5. The van der Waals surface area contributed by atoms with Gasteiger partial charge in [0.05, 0.1) is 29.1 Å². The Morgan fingerprint density at radius 2 is 1.59 bits per heavy atom. The number of hydrogen-bond acceptors (Lipinski definition) is 8. The molecule has 5 unspecified atom stereocenters. The van der Waals surface area contributed by atoms with Gasteiger partial charge in [-0.05, 0) is 47.0 Å². The summed E-state index contributed by atoms with van der Waals surface area (Å²) in [4.78, 5) is 10.4. The van der Waals surface area contributed by atoms with Crippen molar-refractivity contribution in [1.82, 2.24) is 0 Å². The van der Waals surface area contributed by atoms with Crippen molar-refractivity contribution < 1.29 is 43.1 Å². The third kappa shape index (κ3) is 6.27. The molecule has 2 radical (unpaired) electrons. The highest BCUT2D eigenvalue weighted by atomic mass is 31.2. The van der Waals surface area contributed by atoms with Crippen LogP contribution in [-0.4, -0.2) is 81.2 Å². The number of rotatable bonds is 12. The maximum absolute atomic E-state index is 13.9. The zero-order valence-corrected chi connectivity index (χ0v) is 22.3. The van der Waals surface area contributed by atoms with Gasteiger partial charge in [-0.2, -0.15) is 0 Å². The van der Waals surface area contributed by atoms with Crippen LogP contribution < -0.4 is 0 Å². The summed E-state index contributed by atoms with van der Waals surface area (Å²) in [6, 6.07) is -1.02. The summed E-state index contributed by atoms with van der Waals surface area (Å²) in [7, 11) is -2.32. The van der Waals surface area contributed by atoms with E-state index in [4.69, 9.17) is 21.6 Å². The first-order chi connectivity index (χ1) is 14.3. The standard InChI is InChI=1S/C20H41BO9P2/c1-9-14(29-32(26,27)20(7,24)11-3)18(4,5)31(8,25)30-19(6,10-2)12-13-15(22)16(23)17(21)28-13/h13-17,22-24H,9-12H2,1-8H3,(H,26,27)/t13-,14?,15-,16-,17-,19?,20?,31?/m1/s1. The van der Waals surface area contributed by atoms with Crippen LogP contribution in [0.4, 0.5) is 0 Å². The van der Waals surface area contributed by atoms with Crippen LogP contribution in [0.15, 0.2) is 0 Å². The van der Waals surface area contributed by atoms with E-state index in [0.717, 1.165) is 0 Å². The van der Waals surface area contributed by atoms with E-state index in [1.165, 1.54) is 13.6 Å². The molecule has 0 aliphatic carbocycles. The summed E-state index contributed by atoms with van der Waals surface area (Å²) in [5, 5.41) is 27.3. The van der Waals surface area contributed by atoms with Crippen LogP contribution in [0.5, 0.6) is 0 Å².